The van der Waals surface area contributed by atoms with Crippen molar-refractivity contribution in [1.82, 2.24) is 8.87 Å². The molecule has 0 aromatic carbocycles. The second-order valence-electron chi connectivity index (χ2n) is 4.73. The molecule has 0 saturated carbocycles. The van der Waals surface area contributed by atoms with Crippen LogP contribution >= 0.6 is 0 Å². The molecule has 1 aliphatic rings. The van der Waals surface area contributed by atoms with E-state index in [4.69, 9.17) is 9.84 Å². The Kier molecular flexibility index (Phi) is 4.35. The van der Waals surface area contributed by atoms with Gasteiger partial charge in [-0.05, 0) is 13.3 Å². The highest BCUT2D eigenvalue weighted by Crippen LogP contribution is 2.30. The van der Waals surface area contributed by atoms with E-state index < -0.39 is 38.4 Å². The summed E-state index contributed by atoms with van der Waals surface area (Å²) in [7, 11) is -2.71. The second-order valence-corrected chi connectivity index (χ2v) is 6.59. The summed E-state index contributed by atoms with van der Waals surface area (Å²) in [6.07, 6.45) is 1.57. The van der Waals surface area contributed by atoms with E-state index in [2.05, 4.69) is 0 Å². The summed E-state index contributed by atoms with van der Waals surface area (Å²) < 4.78 is 45.9. The standard InChI is InChI=1S/C12H17FN2O5S/c1-3-20-12(17)11-10(13)9(6-14(11)2)21(18,19)15-5-4-8(15)7-16/h6,8,16H,3-5,7H2,1-2H3. The second kappa shape index (κ2) is 5.74. The zero-order valence-electron chi connectivity index (χ0n) is 11.7. The summed E-state index contributed by atoms with van der Waals surface area (Å²) in [4.78, 5) is 11.1. The Morgan fingerprint density at radius 2 is 2.24 bits per heavy atom. The van der Waals surface area contributed by atoms with Crippen molar-refractivity contribution in [2.75, 3.05) is 19.8 Å². The first kappa shape index (κ1) is 15.9. The average molecular weight is 320 g/mol. The van der Waals surface area contributed by atoms with E-state index in [0.29, 0.717) is 6.42 Å². The predicted molar refractivity (Wildman–Crippen MR) is 70.7 cm³/mol. The number of carbonyl (C=O) groups is 1. The summed E-state index contributed by atoms with van der Waals surface area (Å²) >= 11 is 0. The quantitative estimate of drug-likeness (QED) is 0.777. The van der Waals surface area contributed by atoms with Crippen molar-refractivity contribution in [3.8, 4) is 0 Å². The van der Waals surface area contributed by atoms with Crippen molar-refractivity contribution in [3.05, 3.63) is 17.7 Å². The Morgan fingerprint density at radius 3 is 2.71 bits per heavy atom. The van der Waals surface area contributed by atoms with Gasteiger partial charge in [-0.15, -0.1) is 0 Å². The molecule has 0 amide bonds. The molecule has 1 saturated heterocycles. The highest BCUT2D eigenvalue weighted by molar-refractivity contribution is 7.89. The number of aliphatic hydroxyl groups is 1. The van der Waals surface area contributed by atoms with E-state index in [1.54, 1.807) is 6.92 Å². The molecular formula is C12H17FN2O5S. The molecule has 9 heteroatoms. The maximum atomic E-state index is 14.3. The number of hydrogen-bond acceptors (Lipinski definition) is 5. The van der Waals surface area contributed by atoms with Crippen LogP contribution < -0.4 is 0 Å². The first-order chi connectivity index (χ1) is 9.84. The molecule has 0 bridgehead atoms. The van der Waals surface area contributed by atoms with Gasteiger partial charge in [0.15, 0.2) is 11.5 Å². The van der Waals surface area contributed by atoms with Crippen LogP contribution in [0.25, 0.3) is 0 Å². The number of hydrogen-bond donors (Lipinski definition) is 1. The number of nitrogens with zero attached hydrogens (tertiary/aromatic N) is 2. The van der Waals surface area contributed by atoms with Crippen LogP contribution in [0, 0.1) is 5.82 Å². The van der Waals surface area contributed by atoms with Gasteiger partial charge < -0.3 is 14.4 Å². The van der Waals surface area contributed by atoms with E-state index in [-0.39, 0.29) is 19.8 Å². The molecule has 1 unspecified atom stereocenters. The number of aryl methyl sites for hydroxylation is 1. The first-order valence-corrected chi connectivity index (χ1v) is 7.93. The zero-order valence-corrected chi connectivity index (χ0v) is 12.6. The third-order valence-corrected chi connectivity index (χ3v) is 5.38. The molecule has 1 aliphatic heterocycles. The van der Waals surface area contributed by atoms with Crippen LogP contribution in [0.3, 0.4) is 0 Å². The summed E-state index contributed by atoms with van der Waals surface area (Å²) in [6.45, 7) is 1.53. The van der Waals surface area contributed by atoms with Crippen LogP contribution in [0.2, 0.25) is 0 Å². The third kappa shape index (κ3) is 2.56. The van der Waals surface area contributed by atoms with Crippen LogP contribution in [0.1, 0.15) is 23.8 Å². The molecule has 1 atom stereocenters. The summed E-state index contributed by atoms with van der Waals surface area (Å²) in [5.41, 5.74) is -0.434. The molecule has 21 heavy (non-hydrogen) atoms. The number of halogens is 1. The topological polar surface area (TPSA) is 88.8 Å². The molecule has 2 heterocycles. The summed E-state index contributed by atoms with van der Waals surface area (Å²) in [6, 6.07) is -0.541. The lowest BCUT2D eigenvalue weighted by Crippen LogP contribution is -2.52. The van der Waals surface area contributed by atoms with Gasteiger partial charge in [0.2, 0.25) is 10.0 Å². The van der Waals surface area contributed by atoms with Crippen molar-refractivity contribution < 1.29 is 27.4 Å². The average Bonchev–Trinajstić information content (AvgIpc) is 2.64. The molecule has 118 valence electrons. The predicted octanol–water partition coefficient (Wildman–Crippen LogP) is 0.0962. The SMILES string of the molecule is CCOC(=O)c1c(F)c(S(=O)(=O)N2CCC2CO)cn1C. The van der Waals surface area contributed by atoms with Crippen molar-refractivity contribution >= 4 is 16.0 Å². The Balaban J connectivity index is 2.42. The largest absolute Gasteiger partial charge is 0.461 e. The molecule has 0 spiro atoms. The highest BCUT2D eigenvalue weighted by Gasteiger charge is 2.41. The number of rotatable bonds is 5. The number of aliphatic hydroxyl groups excluding tert-OH is 1. The minimum Gasteiger partial charge on any atom is -0.461 e. The summed E-state index contributed by atoms with van der Waals surface area (Å²) in [5, 5.41) is 9.07. The molecule has 7 nitrogen and oxygen atoms in total. The number of ether oxygens (including phenoxy) is 1. The lowest BCUT2D eigenvalue weighted by molar-refractivity contribution is 0.0509. The summed E-state index contributed by atoms with van der Waals surface area (Å²) in [5.74, 6) is -2.04. The Morgan fingerprint density at radius 1 is 1.57 bits per heavy atom. The van der Waals surface area contributed by atoms with Gasteiger partial charge in [-0.25, -0.2) is 17.6 Å². The molecule has 2 rings (SSSR count). The highest BCUT2D eigenvalue weighted by atomic mass is 32.2. The fourth-order valence-corrected chi connectivity index (χ4v) is 4.00. The Labute approximate surface area is 122 Å². The Bertz CT molecular complexity index is 653. The van der Waals surface area contributed by atoms with Gasteiger partial charge in [0.25, 0.3) is 0 Å². The van der Waals surface area contributed by atoms with Crippen LogP contribution in [0.4, 0.5) is 4.39 Å². The molecule has 0 radical (unpaired) electrons. The third-order valence-electron chi connectivity index (χ3n) is 3.44. The molecular weight excluding hydrogens is 303 g/mol. The number of carbonyl (C=O) groups excluding carboxylic acids is 1. The minimum atomic E-state index is -4.07. The van der Waals surface area contributed by atoms with Crippen LogP contribution in [-0.2, 0) is 21.8 Å². The molecule has 1 aromatic heterocycles. The lowest BCUT2D eigenvalue weighted by Gasteiger charge is -2.38. The Hall–Kier alpha value is -1.45. The van der Waals surface area contributed by atoms with Crippen molar-refractivity contribution in [1.29, 1.82) is 0 Å². The number of esters is 1. The fourth-order valence-electron chi connectivity index (χ4n) is 2.22. The number of sulfonamides is 1. The van der Waals surface area contributed by atoms with Gasteiger partial charge in [0.1, 0.15) is 4.90 Å². The molecule has 0 aliphatic carbocycles. The van der Waals surface area contributed by atoms with E-state index in [0.717, 1.165) is 15.1 Å². The van der Waals surface area contributed by atoms with Gasteiger partial charge in [-0.3, -0.25) is 0 Å². The maximum Gasteiger partial charge on any atom is 0.358 e. The van der Waals surface area contributed by atoms with Gasteiger partial charge in [-0.1, -0.05) is 0 Å². The van der Waals surface area contributed by atoms with Crippen molar-refractivity contribution in [2.45, 2.75) is 24.3 Å². The fraction of sp³-hybridized carbons (Fsp3) is 0.583. The van der Waals surface area contributed by atoms with Gasteiger partial charge in [0, 0.05) is 25.8 Å². The van der Waals surface area contributed by atoms with E-state index >= 15 is 0 Å². The van der Waals surface area contributed by atoms with Gasteiger partial charge in [-0.2, -0.15) is 4.31 Å². The van der Waals surface area contributed by atoms with E-state index in [1.807, 2.05) is 0 Å². The first-order valence-electron chi connectivity index (χ1n) is 6.49. The van der Waals surface area contributed by atoms with Crippen molar-refractivity contribution in [3.63, 3.8) is 0 Å². The van der Waals surface area contributed by atoms with Crippen LogP contribution in [-0.4, -0.2) is 54.2 Å². The molecule has 1 aromatic rings. The molecule has 1 fully saturated rings. The monoisotopic (exact) mass is 320 g/mol. The normalized spacial score (nSPS) is 19.3. The van der Waals surface area contributed by atoms with Gasteiger partial charge in [0.05, 0.1) is 13.2 Å². The van der Waals surface area contributed by atoms with Gasteiger partial charge >= 0.3 is 5.97 Å². The smallest absolute Gasteiger partial charge is 0.358 e. The van der Waals surface area contributed by atoms with Crippen molar-refractivity contribution in [2.24, 2.45) is 7.05 Å². The molecule has 1 N–H and O–H groups in total. The van der Waals surface area contributed by atoms with Crippen LogP contribution in [0.5, 0.6) is 0 Å². The van der Waals surface area contributed by atoms with Crippen LogP contribution in [0.15, 0.2) is 11.1 Å². The number of aromatic nitrogens is 1. The van der Waals surface area contributed by atoms with E-state index in [9.17, 15) is 17.6 Å². The minimum absolute atomic E-state index is 0.0598. The lowest BCUT2D eigenvalue weighted by atomic mass is 10.1. The maximum absolute atomic E-state index is 14.3. The zero-order chi connectivity index (χ0) is 15.8. The van der Waals surface area contributed by atoms with E-state index in [1.165, 1.54) is 7.05 Å².